The van der Waals surface area contributed by atoms with E-state index in [1.807, 2.05) is 11.3 Å². The lowest BCUT2D eigenvalue weighted by atomic mass is 9.92. The van der Waals surface area contributed by atoms with Crippen LogP contribution in [0.2, 0.25) is 0 Å². The number of allylic oxidation sites excluding steroid dienone is 2. The molecule has 6 rings (SSSR count). The quantitative estimate of drug-likeness (QED) is 0.139. The van der Waals surface area contributed by atoms with Gasteiger partial charge in [0.2, 0.25) is 0 Å². The Kier molecular flexibility index (Phi) is 6.00. The zero-order valence-electron chi connectivity index (χ0n) is 20.3. The van der Waals surface area contributed by atoms with Gasteiger partial charge in [0.15, 0.2) is 0 Å². The molecule has 0 saturated heterocycles. The summed E-state index contributed by atoms with van der Waals surface area (Å²) in [6.07, 6.45) is 6.35. The molecule has 0 aliphatic carbocycles. The van der Waals surface area contributed by atoms with Crippen molar-refractivity contribution < 1.29 is 0 Å². The molecule has 0 saturated carbocycles. The van der Waals surface area contributed by atoms with Gasteiger partial charge < -0.3 is 0 Å². The van der Waals surface area contributed by atoms with Gasteiger partial charge >= 0.3 is 0 Å². The average molecular weight is 499 g/mol. The van der Waals surface area contributed by atoms with Gasteiger partial charge in [0.1, 0.15) is 0 Å². The van der Waals surface area contributed by atoms with Crippen LogP contribution in [0.25, 0.3) is 53.7 Å². The van der Waals surface area contributed by atoms with Crippen molar-refractivity contribution in [1.29, 1.82) is 0 Å². The van der Waals surface area contributed by atoms with E-state index in [0.717, 1.165) is 10.5 Å². The van der Waals surface area contributed by atoms with E-state index >= 15 is 0 Å². The van der Waals surface area contributed by atoms with Crippen molar-refractivity contribution in [2.24, 2.45) is 0 Å². The predicted molar refractivity (Wildman–Crippen MR) is 164 cm³/mol. The molecule has 36 heavy (non-hydrogen) atoms. The van der Waals surface area contributed by atoms with E-state index in [2.05, 4.69) is 129 Å². The van der Waals surface area contributed by atoms with Crippen LogP contribution >= 0.6 is 24.0 Å². The number of aryl methyl sites for hydroxylation is 2. The van der Waals surface area contributed by atoms with Gasteiger partial charge in [-0.1, -0.05) is 78.9 Å². The SMILES string of the molecule is Cc1c2ccccc2c(C)c2cc(/C(S)=C/C=C/c3ccc(-c4ccc5ccccc5c4)s3)ccc12. The largest absolute Gasteiger partial charge is 0.143 e. The minimum Gasteiger partial charge on any atom is -0.143 e. The van der Waals surface area contributed by atoms with Gasteiger partial charge in [-0.15, -0.1) is 24.0 Å². The number of thiophene rings is 1. The van der Waals surface area contributed by atoms with E-state index in [4.69, 9.17) is 12.6 Å². The van der Waals surface area contributed by atoms with Crippen LogP contribution < -0.4 is 0 Å². The topological polar surface area (TPSA) is 0 Å². The Morgan fingerprint density at radius 2 is 1.36 bits per heavy atom. The molecule has 0 fully saturated rings. The summed E-state index contributed by atoms with van der Waals surface area (Å²) in [5.41, 5.74) is 5.06. The molecule has 5 aromatic carbocycles. The highest BCUT2D eigenvalue weighted by molar-refractivity contribution is 7.90. The fraction of sp³-hybridized carbons (Fsp3) is 0.0588. The Hall–Kier alpha value is -3.59. The molecule has 1 aromatic heterocycles. The highest BCUT2D eigenvalue weighted by Crippen LogP contribution is 2.35. The molecule has 1 heterocycles. The monoisotopic (exact) mass is 498 g/mol. The van der Waals surface area contributed by atoms with Crippen LogP contribution in [-0.4, -0.2) is 0 Å². The van der Waals surface area contributed by atoms with E-state index in [0.29, 0.717) is 0 Å². The van der Waals surface area contributed by atoms with Crippen molar-refractivity contribution in [1.82, 2.24) is 0 Å². The second-order valence-electron chi connectivity index (χ2n) is 9.23. The van der Waals surface area contributed by atoms with Gasteiger partial charge in [-0.3, -0.25) is 0 Å². The zero-order valence-corrected chi connectivity index (χ0v) is 22.0. The summed E-state index contributed by atoms with van der Waals surface area (Å²) < 4.78 is 0. The van der Waals surface area contributed by atoms with Gasteiger partial charge in [-0.25, -0.2) is 0 Å². The van der Waals surface area contributed by atoms with E-state index in [1.54, 1.807) is 0 Å². The molecule has 0 aliphatic rings. The normalized spacial score (nSPS) is 12.4. The van der Waals surface area contributed by atoms with Gasteiger partial charge in [0.05, 0.1) is 0 Å². The molecule has 0 aliphatic heterocycles. The highest BCUT2D eigenvalue weighted by Gasteiger charge is 2.09. The van der Waals surface area contributed by atoms with Crippen LogP contribution in [0.1, 0.15) is 21.6 Å². The maximum atomic E-state index is 4.84. The molecule has 0 N–H and O–H groups in total. The van der Waals surface area contributed by atoms with Crippen LogP contribution in [0.4, 0.5) is 0 Å². The van der Waals surface area contributed by atoms with Crippen molar-refractivity contribution in [3.05, 3.63) is 131 Å². The molecule has 0 bridgehead atoms. The van der Waals surface area contributed by atoms with E-state index in [1.165, 1.54) is 58.8 Å². The minimum absolute atomic E-state index is 0.963. The Morgan fingerprint density at radius 3 is 2.17 bits per heavy atom. The molecule has 0 atom stereocenters. The lowest BCUT2D eigenvalue weighted by Gasteiger charge is -2.13. The van der Waals surface area contributed by atoms with Crippen molar-refractivity contribution in [3.8, 4) is 10.4 Å². The number of thiol groups is 1. The summed E-state index contributed by atoms with van der Waals surface area (Å²) in [4.78, 5) is 3.47. The smallest absolute Gasteiger partial charge is 0.0349 e. The van der Waals surface area contributed by atoms with Crippen molar-refractivity contribution in [2.45, 2.75) is 13.8 Å². The number of hydrogen-bond acceptors (Lipinski definition) is 2. The predicted octanol–water partition coefficient (Wildman–Crippen LogP) is 10.5. The Bertz CT molecular complexity index is 1810. The number of fused-ring (bicyclic) bond motifs is 3. The lowest BCUT2D eigenvalue weighted by Crippen LogP contribution is -1.89. The van der Waals surface area contributed by atoms with Gasteiger partial charge in [0, 0.05) is 14.7 Å². The minimum atomic E-state index is 0.963. The molecule has 0 amide bonds. The third-order valence-corrected chi connectivity index (χ3v) is 8.54. The standard InChI is InChI=1S/C34H26S2/c1-22-29-11-5-6-12-30(29)23(2)32-21-26(16-18-31(22)32)33(35)13-7-10-28-17-19-34(36-28)27-15-14-24-8-3-4-9-25(24)20-27/h3-21,35H,1-2H3/b10-7+,33-13-. The maximum Gasteiger partial charge on any atom is 0.0349 e. The summed E-state index contributed by atoms with van der Waals surface area (Å²) in [6, 6.07) is 34.9. The molecule has 174 valence electrons. The number of rotatable bonds is 4. The van der Waals surface area contributed by atoms with E-state index < -0.39 is 0 Å². The maximum absolute atomic E-state index is 4.84. The lowest BCUT2D eigenvalue weighted by molar-refractivity contribution is 1.52. The Morgan fingerprint density at radius 1 is 0.667 bits per heavy atom. The molecule has 2 heteroatoms. The summed E-state index contributed by atoms with van der Waals surface area (Å²) >= 11 is 6.64. The van der Waals surface area contributed by atoms with Crippen LogP contribution in [0.3, 0.4) is 0 Å². The van der Waals surface area contributed by atoms with Gasteiger partial charge in [0.25, 0.3) is 0 Å². The summed E-state index contributed by atoms with van der Waals surface area (Å²) in [5, 5.41) is 7.81. The van der Waals surface area contributed by atoms with E-state index in [9.17, 15) is 0 Å². The van der Waals surface area contributed by atoms with Gasteiger partial charge in [-0.05, 0) is 105 Å². The highest BCUT2D eigenvalue weighted by atomic mass is 32.1. The third kappa shape index (κ3) is 4.17. The first-order chi connectivity index (χ1) is 17.6. The second kappa shape index (κ2) is 9.46. The van der Waals surface area contributed by atoms with Crippen molar-refractivity contribution >= 4 is 67.3 Å². The third-order valence-electron chi connectivity index (χ3n) is 7.03. The first-order valence-electron chi connectivity index (χ1n) is 12.2. The Labute approximate surface area is 221 Å². The number of hydrogen-bond donors (Lipinski definition) is 1. The average Bonchev–Trinajstić information content (AvgIpc) is 3.40. The summed E-state index contributed by atoms with van der Waals surface area (Å²) in [7, 11) is 0. The van der Waals surface area contributed by atoms with Crippen LogP contribution in [0.5, 0.6) is 0 Å². The molecule has 0 spiro atoms. The first-order valence-corrected chi connectivity index (χ1v) is 13.4. The molecule has 6 aromatic rings. The fourth-order valence-electron chi connectivity index (χ4n) is 5.04. The van der Waals surface area contributed by atoms with Crippen LogP contribution in [0, 0.1) is 13.8 Å². The summed E-state index contributed by atoms with van der Waals surface area (Å²) in [6.45, 7) is 4.44. The Balaban J connectivity index is 1.27. The first kappa shape index (κ1) is 22.8. The molecule has 0 radical (unpaired) electrons. The van der Waals surface area contributed by atoms with Crippen molar-refractivity contribution in [2.75, 3.05) is 0 Å². The molecular formula is C34H26S2. The zero-order chi connectivity index (χ0) is 24.6. The van der Waals surface area contributed by atoms with Crippen molar-refractivity contribution in [3.63, 3.8) is 0 Å². The van der Waals surface area contributed by atoms with Gasteiger partial charge in [-0.2, -0.15) is 0 Å². The summed E-state index contributed by atoms with van der Waals surface area (Å²) in [5.74, 6) is 0. The molecular weight excluding hydrogens is 473 g/mol. The fourth-order valence-corrected chi connectivity index (χ4v) is 6.18. The van der Waals surface area contributed by atoms with Crippen LogP contribution in [0.15, 0.2) is 109 Å². The number of benzene rings is 5. The molecule has 0 nitrogen and oxygen atoms in total. The van der Waals surface area contributed by atoms with E-state index in [-0.39, 0.29) is 0 Å². The second-order valence-corrected chi connectivity index (χ2v) is 10.8. The molecule has 0 unspecified atom stereocenters. The van der Waals surface area contributed by atoms with Crippen LogP contribution in [-0.2, 0) is 0 Å².